The Morgan fingerprint density at radius 2 is 1.66 bits per heavy atom. The van der Waals surface area contributed by atoms with Crippen LogP contribution >= 0.6 is 15.9 Å². The summed E-state index contributed by atoms with van der Waals surface area (Å²) in [5, 5.41) is 38.8. The number of ketones is 1. The summed E-state index contributed by atoms with van der Waals surface area (Å²) in [7, 11) is 0. The maximum absolute atomic E-state index is 12.2. The topological polar surface area (TPSA) is 116 Å². The Hall–Kier alpha value is -2.07. The van der Waals surface area contributed by atoms with Gasteiger partial charge in [0, 0.05) is 10.0 Å². The second-order valence-electron chi connectivity index (χ2n) is 6.59. The van der Waals surface area contributed by atoms with Crippen LogP contribution in [0.3, 0.4) is 0 Å². The van der Waals surface area contributed by atoms with Gasteiger partial charge in [0.1, 0.15) is 30.2 Å². The highest BCUT2D eigenvalue weighted by Crippen LogP contribution is 2.24. The summed E-state index contributed by atoms with van der Waals surface area (Å²) in [5.41, 5.74) is 1.34. The lowest BCUT2D eigenvalue weighted by Crippen LogP contribution is -2.60. The number of halogens is 1. The molecule has 7 nitrogen and oxygen atoms in total. The average molecular weight is 465 g/mol. The number of aliphatic hydroxyl groups excluding tert-OH is 4. The number of carbonyl (C=O) groups excluding carboxylic acids is 1. The van der Waals surface area contributed by atoms with Gasteiger partial charge in [-0.2, -0.15) is 0 Å². The predicted octanol–water partition coefficient (Wildman–Crippen LogP) is 1.52. The van der Waals surface area contributed by atoms with E-state index in [-0.39, 0.29) is 5.78 Å². The Kier molecular flexibility index (Phi) is 7.18. The molecule has 0 radical (unpaired) electrons. The SMILES string of the molecule is O=C(/C=C/c1ccc(O[C@@H]2O[C@H](CO)[C@@H](O)[C@@H](O)[C@H]2O)cc1)c1ccc(Br)cc1. The number of benzene rings is 2. The van der Waals surface area contributed by atoms with Crippen molar-refractivity contribution in [2.75, 3.05) is 6.61 Å². The molecule has 2 aromatic carbocycles. The van der Waals surface area contributed by atoms with Gasteiger partial charge in [0.15, 0.2) is 5.78 Å². The third-order valence-corrected chi connectivity index (χ3v) is 5.07. The van der Waals surface area contributed by atoms with Gasteiger partial charge >= 0.3 is 0 Å². The van der Waals surface area contributed by atoms with Gasteiger partial charge in [0.2, 0.25) is 6.29 Å². The number of allylic oxidation sites excluding steroid dienone is 1. The summed E-state index contributed by atoms with van der Waals surface area (Å²) in [6.07, 6.45) is -3.56. The highest BCUT2D eigenvalue weighted by Gasteiger charge is 2.44. The molecule has 3 rings (SSSR count). The van der Waals surface area contributed by atoms with Gasteiger partial charge in [-0.3, -0.25) is 4.79 Å². The van der Waals surface area contributed by atoms with E-state index in [0.29, 0.717) is 11.3 Å². The van der Waals surface area contributed by atoms with Crippen molar-refractivity contribution in [1.82, 2.24) is 0 Å². The number of aliphatic hydroxyl groups is 4. The van der Waals surface area contributed by atoms with Gasteiger partial charge in [-0.15, -0.1) is 0 Å². The molecule has 1 aliphatic rings. The average Bonchev–Trinajstić information content (AvgIpc) is 2.74. The summed E-state index contributed by atoms with van der Waals surface area (Å²) in [4.78, 5) is 12.2. The van der Waals surface area contributed by atoms with Gasteiger partial charge in [0.05, 0.1) is 6.61 Å². The smallest absolute Gasteiger partial charge is 0.229 e. The zero-order chi connectivity index (χ0) is 21.0. The second-order valence-corrected chi connectivity index (χ2v) is 7.50. The zero-order valence-corrected chi connectivity index (χ0v) is 16.8. The molecule has 2 aromatic rings. The molecule has 0 aliphatic carbocycles. The van der Waals surface area contributed by atoms with Crippen LogP contribution in [0.2, 0.25) is 0 Å². The lowest BCUT2D eigenvalue weighted by Gasteiger charge is -2.39. The van der Waals surface area contributed by atoms with Crippen molar-refractivity contribution in [2.24, 2.45) is 0 Å². The molecule has 0 saturated carbocycles. The molecule has 0 amide bonds. The van der Waals surface area contributed by atoms with Gasteiger partial charge in [-0.05, 0) is 48.0 Å². The molecule has 0 aromatic heterocycles. The zero-order valence-electron chi connectivity index (χ0n) is 15.3. The number of rotatable bonds is 6. The molecular weight excluding hydrogens is 444 g/mol. The lowest BCUT2D eigenvalue weighted by molar-refractivity contribution is -0.277. The minimum absolute atomic E-state index is 0.126. The molecule has 0 bridgehead atoms. The molecule has 0 spiro atoms. The van der Waals surface area contributed by atoms with E-state index in [2.05, 4.69) is 15.9 Å². The van der Waals surface area contributed by atoms with Crippen LogP contribution in [0.5, 0.6) is 5.75 Å². The normalized spacial score (nSPS) is 27.1. The Bertz CT molecular complexity index is 848. The van der Waals surface area contributed by atoms with Crippen LogP contribution in [0.15, 0.2) is 59.1 Å². The van der Waals surface area contributed by atoms with Gasteiger partial charge in [0.25, 0.3) is 0 Å². The van der Waals surface area contributed by atoms with Crippen LogP contribution in [0, 0.1) is 0 Å². The fourth-order valence-corrected chi connectivity index (χ4v) is 3.10. The van der Waals surface area contributed by atoms with E-state index in [0.717, 1.165) is 10.0 Å². The number of carbonyl (C=O) groups is 1. The molecule has 0 unspecified atom stereocenters. The number of ether oxygens (including phenoxy) is 2. The van der Waals surface area contributed by atoms with Crippen molar-refractivity contribution in [3.8, 4) is 5.75 Å². The third-order valence-electron chi connectivity index (χ3n) is 4.54. The van der Waals surface area contributed by atoms with Crippen molar-refractivity contribution in [3.63, 3.8) is 0 Å². The summed E-state index contributed by atoms with van der Waals surface area (Å²) >= 11 is 3.33. The van der Waals surface area contributed by atoms with Crippen LogP contribution in [-0.4, -0.2) is 63.5 Å². The van der Waals surface area contributed by atoms with E-state index in [9.17, 15) is 25.2 Å². The quantitative estimate of drug-likeness (QED) is 0.378. The standard InChI is InChI=1S/C21H21BrO7/c22-14-6-4-13(5-7-14)16(24)10-3-12-1-8-15(9-2-12)28-21-20(27)19(26)18(25)17(11-23)29-21/h1-10,17-21,23,25-27H,11H2/b10-3+/t17-,18-,19-,20-,21-/m1/s1. The molecule has 1 heterocycles. The molecule has 1 saturated heterocycles. The monoisotopic (exact) mass is 464 g/mol. The molecule has 8 heteroatoms. The summed E-state index contributed by atoms with van der Waals surface area (Å²) in [6.45, 7) is -0.527. The highest BCUT2D eigenvalue weighted by atomic mass is 79.9. The van der Waals surface area contributed by atoms with Crippen LogP contribution in [-0.2, 0) is 4.74 Å². The first kappa shape index (κ1) is 21.6. The molecule has 154 valence electrons. The molecule has 5 atom stereocenters. The second kappa shape index (κ2) is 9.62. The Labute approximate surface area is 176 Å². The van der Waals surface area contributed by atoms with Crippen molar-refractivity contribution in [1.29, 1.82) is 0 Å². The van der Waals surface area contributed by atoms with Gasteiger partial charge in [-0.25, -0.2) is 0 Å². The number of hydrogen-bond donors (Lipinski definition) is 4. The van der Waals surface area contributed by atoms with Crippen LogP contribution < -0.4 is 4.74 Å². The van der Waals surface area contributed by atoms with Crippen molar-refractivity contribution >= 4 is 27.8 Å². The van der Waals surface area contributed by atoms with Gasteiger partial charge < -0.3 is 29.9 Å². The van der Waals surface area contributed by atoms with Crippen molar-refractivity contribution in [3.05, 3.63) is 70.2 Å². The van der Waals surface area contributed by atoms with Crippen molar-refractivity contribution < 1.29 is 34.7 Å². The largest absolute Gasteiger partial charge is 0.462 e. The molecule has 29 heavy (non-hydrogen) atoms. The molecule has 1 aliphatic heterocycles. The van der Waals surface area contributed by atoms with Crippen LogP contribution in [0.1, 0.15) is 15.9 Å². The fraction of sp³-hybridized carbons (Fsp3) is 0.286. The summed E-state index contributed by atoms with van der Waals surface area (Å²) in [6, 6.07) is 13.7. The van der Waals surface area contributed by atoms with Crippen LogP contribution in [0.25, 0.3) is 6.08 Å². The maximum Gasteiger partial charge on any atom is 0.229 e. The Morgan fingerprint density at radius 3 is 2.28 bits per heavy atom. The van der Waals surface area contributed by atoms with E-state index in [4.69, 9.17) is 9.47 Å². The lowest BCUT2D eigenvalue weighted by atomic mass is 9.99. The predicted molar refractivity (Wildman–Crippen MR) is 108 cm³/mol. The first-order valence-electron chi connectivity index (χ1n) is 8.94. The number of hydrogen-bond acceptors (Lipinski definition) is 7. The van der Waals surface area contributed by atoms with E-state index >= 15 is 0 Å². The maximum atomic E-state index is 12.2. The van der Waals surface area contributed by atoms with Gasteiger partial charge in [-0.1, -0.05) is 34.1 Å². The van der Waals surface area contributed by atoms with E-state index in [1.807, 2.05) is 0 Å². The highest BCUT2D eigenvalue weighted by molar-refractivity contribution is 9.10. The van der Waals surface area contributed by atoms with E-state index in [1.54, 1.807) is 54.6 Å². The van der Waals surface area contributed by atoms with Crippen LogP contribution in [0.4, 0.5) is 0 Å². The minimum atomic E-state index is -1.50. The van der Waals surface area contributed by atoms with E-state index in [1.165, 1.54) is 6.08 Å². The Balaban J connectivity index is 1.62. The van der Waals surface area contributed by atoms with Crippen molar-refractivity contribution in [2.45, 2.75) is 30.7 Å². The molecular formula is C21H21BrO7. The Morgan fingerprint density at radius 1 is 1.00 bits per heavy atom. The molecule has 4 N–H and O–H groups in total. The first-order chi connectivity index (χ1) is 13.9. The minimum Gasteiger partial charge on any atom is -0.462 e. The van der Waals surface area contributed by atoms with E-state index < -0.39 is 37.3 Å². The third kappa shape index (κ3) is 5.30. The summed E-state index contributed by atoms with van der Waals surface area (Å²) in [5.74, 6) is 0.227. The molecule has 1 fully saturated rings. The summed E-state index contributed by atoms with van der Waals surface area (Å²) < 4.78 is 11.7. The first-order valence-corrected chi connectivity index (χ1v) is 9.73. The fourth-order valence-electron chi connectivity index (χ4n) is 2.84.